The van der Waals surface area contributed by atoms with E-state index in [-0.39, 0.29) is 11.9 Å². The Kier molecular flexibility index (Phi) is 6.83. The van der Waals surface area contributed by atoms with Gasteiger partial charge in [-0.1, -0.05) is 30.3 Å². The van der Waals surface area contributed by atoms with E-state index in [1.807, 2.05) is 36.9 Å². The van der Waals surface area contributed by atoms with Gasteiger partial charge >= 0.3 is 5.97 Å². The highest BCUT2D eigenvalue weighted by Gasteiger charge is 2.44. The van der Waals surface area contributed by atoms with Crippen molar-refractivity contribution in [3.63, 3.8) is 0 Å². The van der Waals surface area contributed by atoms with Gasteiger partial charge in [-0.2, -0.15) is 0 Å². The third-order valence-electron chi connectivity index (χ3n) is 5.48. The number of piperidine rings is 1. The first-order valence-corrected chi connectivity index (χ1v) is 10.8. The molecule has 1 saturated heterocycles. The van der Waals surface area contributed by atoms with Gasteiger partial charge in [-0.3, -0.25) is 9.59 Å². The quantitative estimate of drug-likeness (QED) is 0.652. The number of hydrogen-bond donors (Lipinski definition) is 0. The van der Waals surface area contributed by atoms with Crippen LogP contribution in [0.4, 0.5) is 0 Å². The lowest BCUT2D eigenvalue weighted by Crippen LogP contribution is -2.50. The standard InChI is InChI=1S/C22H28N2O3S/c1-3-27-21(26)22(12-7-11-18-9-5-4-6-10-18)13-8-14-24(15-22)20(25)19-17(2)23-16-28-19/h4-6,9-10,16H,3,7-8,11-15H2,1-2H3/t22-/m0/s1. The van der Waals surface area contributed by atoms with E-state index < -0.39 is 5.41 Å². The minimum absolute atomic E-state index is 0.0172. The number of nitrogens with zero attached hydrogens (tertiary/aromatic N) is 2. The number of likely N-dealkylation sites (tertiary alicyclic amines) is 1. The molecule has 1 atom stereocenters. The second-order valence-electron chi connectivity index (χ2n) is 7.44. The fourth-order valence-electron chi connectivity index (χ4n) is 3.99. The summed E-state index contributed by atoms with van der Waals surface area (Å²) in [4.78, 5) is 32.6. The van der Waals surface area contributed by atoms with Crippen LogP contribution in [-0.4, -0.2) is 41.5 Å². The van der Waals surface area contributed by atoms with Crippen molar-refractivity contribution in [1.29, 1.82) is 0 Å². The van der Waals surface area contributed by atoms with E-state index in [2.05, 4.69) is 17.1 Å². The Morgan fingerprint density at radius 1 is 1.29 bits per heavy atom. The number of carbonyl (C=O) groups excluding carboxylic acids is 2. The van der Waals surface area contributed by atoms with Crippen LogP contribution in [0.2, 0.25) is 0 Å². The third kappa shape index (κ3) is 4.61. The minimum atomic E-state index is -0.614. The number of esters is 1. The smallest absolute Gasteiger partial charge is 0.313 e. The molecule has 5 nitrogen and oxygen atoms in total. The highest BCUT2D eigenvalue weighted by atomic mass is 32.1. The van der Waals surface area contributed by atoms with Crippen molar-refractivity contribution < 1.29 is 14.3 Å². The van der Waals surface area contributed by atoms with Gasteiger partial charge in [0.2, 0.25) is 0 Å². The van der Waals surface area contributed by atoms with Gasteiger partial charge in [0.15, 0.2) is 0 Å². The maximum absolute atomic E-state index is 13.0. The lowest BCUT2D eigenvalue weighted by atomic mass is 9.75. The van der Waals surface area contributed by atoms with Gasteiger partial charge in [0.05, 0.1) is 23.2 Å². The zero-order valence-electron chi connectivity index (χ0n) is 16.6. The summed E-state index contributed by atoms with van der Waals surface area (Å²) < 4.78 is 5.44. The fraction of sp³-hybridized carbons (Fsp3) is 0.500. The van der Waals surface area contributed by atoms with E-state index in [0.717, 1.165) is 37.8 Å². The first-order chi connectivity index (χ1) is 13.6. The monoisotopic (exact) mass is 400 g/mol. The molecular formula is C22H28N2O3S. The van der Waals surface area contributed by atoms with Gasteiger partial charge in [-0.25, -0.2) is 4.98 Å². The molecule has 150 valence electrons. The van der Waals surface area contributed by atoms with E-state index in [9.17, 15) is 9.59 Å². The van der Waals surface area contributed by atoms with Crippen LogP contribution in [-0.2, 0) is 16.0 Å². The van der Waals surface area contributed by atoms with Crippen LogP contribution in [0, 0.1) is 12.3 Å². The number of thiazole rings is 1. The maximum Gasteiger partial charge on any atom is 0.313 e. The summed E-state index contributed by atoms with van der Waals surface area (Å²) in [6.07, 6.45) is 4.13. The molecule has 0 unspecified atom stereocenters. The molecule has 2 aromatic rings. The zero-order chi connectivity index (χ0) is 20.0. The first-order valence-electron chi connectivity index (χ1n) is 9.96. The lowest BCUT2D eigenvalue weighted by molar-refractivity contribution is -0.159. The average molecular weight is 401 g/mol. The predicted molar refractivity (Wildman–Crippen MR) is 110 cm³/mol. The van der Waals surface area contributed by atoms with Gasteiger partial charge < -0.3 is 9.64 Å². The summed E-state index contributed by atoms with van der Waals surface area (Å²) in [5, 5.41) is 0. The van der Waals surface area contributed by atoms with Crippen LogP contribution in [0.5, 0.6) is 0 Å². The Bertz CT molecular complexity index is 805. The van der Waals surface area contributed by atoms with Crippen LogP contribution < -0.4 is 0 Å². The SMILES string of the molecule is CCOC(=O)[C@@]1(CCCc2ccccc2)CCCN(C(=O)c2scnc2C)C1. The second kappa shape index (κ2) is 9.32. The Labute approximate surface area is 170 Å². The van der Waals surface area contributed by atoms with Crippen molar-refractivity contribution >= 4 is 23.2 Å². The summed E-state index contributed by atoms with van der Waals surface area (Å²) in [5.41, 5.74) is 3.11. The third-order valence-corrected chi connectivity index (χ3v) is 6.39. The molecule has 0 aliphatic carbocycles. The van der Waals surface area contributed by atoms with Gasteiger partial charge in [0.1, 0.15) is 4.88 Å². The number of rotatable bonds is 7. The van der Waals surface area contributed by atoms with E-state index in [1.54, 1.807) is 5.51 Å². The number of ether oxygens (including phenoxy) is 1. The van der Waals surface area contributed by atoms with Crippen LogP contribution in [0.15, 0.2) is 35.8 Å². The molecule has 1 aliphatic rings. The molecule has 1 aromatic carbocycles. The minimum Gasteiger partial charge on any atom is -0.466 e. The number of amides is 1. The molecule has 28 heavy (non-hydrogen) atoms. The molecule has 0 N–H and O–H groups in total. The molecule has 3 rings (SSSR count). The number of aromatic nitrogens is 1. The normalized spacial score (nSPS) is 19.4. The molecule has 1 aliphatic heterocycles. The summed E-state index contributed by atoms with van der Waals surface area (Å²) in [7, 11) is 0. The van der Waals surface area contributed by atoms with E-state index in [1.165, 1.54) is 16.9 Å². The van der Waals surface area contributed by atoms with E-state index >= 15 is 0 Å². The largest absolute Gasteiger partial charge is 0.466 e. The molecule has 6 heteroatoms. The molecule has 1 fully saturated rings. The highest BCUT2D eigenvalue weighted by molar-refractivity contribution is 7.11. The number of benzene rings is 1. The van der Waals surface area contributed by atoms with Gasteiger partial charge in [-0.15, -0.1) is 11.3 Å². The van der Waals surface area contributed by atoms with Crippen LogP contribution in [0.3, 0.4) is 0 Å². The van der Waals surface area contributed by atoms with Gasteiger partial charge in [0.25, 0.3) is 5.91 Å². The number of carbonyl (C=O) groups is 2. The molecule has 0 bridgehead atoms. The second-order valence-corrected chi connectivity index (χ2v) is 8.29. The van der Waals surface area contributed by atoms with Crippen LogP contribution >= 0.6 is 11.3 Å². The molecule has 0 radical (unpaired) electrons. The number of hydrogen-bond acceptors (Lipinski definition) is 5. The fourth-order valence-corrected chi connectivity index (χ4v) is 4.76. The highest BCUT2D eigenvalue weighted by Crippen LogP contribution is 2.37. The van der Waals surface area contributed by atoms with Crippen molar-refractivity contribution in [2.24, 2.45) is 5.41 Å². The van der Waals surface area contributed by atoms with E-state index in [4.69, 9.17) is 4.74 Å². The van der Waals surface area contributed by atoms with Crippen molar-refractivity contribution in [2.45, 2.75) is 46.0 Å². The Morgan fingerprint density at radius 2 is 2.07 bits per heavy atom. The van der Waals surface area contributed by atoms with Crippen LogP contribution in [0.25, 0.3) is 0 Å². The maximum atomic E-state index is 13.0. The molecule has 1 amide bonds. The molecule has 0 spiro atoms. The van der Waals surface area contributed by atoms with Gasteiger partial charge in [0, 0.05) is 13.1 Å². The molecule has 2 heterocycles. The molecular weight excluding hydrogens is 372 g/mol. The van der Waals surface area contributed by atoms with Crippen molar-refractivity contribution in [3.8, 4) is 0 Å². The van der Waals surface area contributed by atoms with Gasteiger partial charge in [-0.05, 0) is 51.5 Å². The van der Waals surface area contributed by atoms with Crippen molar-refractivity contribution in [3.05, 3.63) is 52.0 Å². The summed E-state index contributed by atoms with van der Waals surface area (Å²) in [6, 6.07) is 10.3. The summed E-state index contributed by atoms with van der Waals surface area (Å²) in [5.74, 6) is -0.182. The summed E-state index contributed by atoms with van der Waals surface area (Å²) in [6.45, 7) is 5.15. The Morgan fingerprint density at radius 3 is 2.75 bits per heavy atom. The van der Waals surface area contributed by atoms with Crippen LogP contribution in [0.1, 0.15) is 53.5 Å². The van der Waals surface area contributed by atoms with E-state index in [0.29, 0.717) is 24.6 Å². The number of aryl methyl sites for hydroxylation is 2. The Hall–Kier alpha value is -2.21. The average Bonchev–Trinajstić information content (AvgIpc) is 3.14. The van der Waals surface area contributed by atoms with Crippen molar-refractivity contribution in [2.75, 3.05) is 19.7 Å². The summed E-state index contributed by atoms with van der Waals surface area (Å²) >= 11 is 1.37. The zero-order valence-corrected chi connectivity index (χ0v) is 17.5. The molecule has 0 saturated carbocycles. The first kappa shape index (κ1) is 20.5. The Balaban J connectivity index is 1.73. The lowest BCUT2D eigenvalue weighted by Gasteiger charge is -2.41. The molecule has 1 aromatic heterocycles. The predicted octanol–water partition coefficient (Wildman–Crippen LogP) is 4.26. The van der Waals surface area contributed by atoms with Crippen molar-refractivity contribution in [1.82, 2.24) is 9.88 Å². The topological polar surface area (TPSA) is 59.5 Å².